The number of nitrogens with zero attached hydrogens (tertiary/aromatic N) is 8. The normalized spacial score (nSPS) is 21.6. The standard InChI is InChI=1S/C53H63N11O5/c1-9-45(66)57-39-25-34(13-14-41(39)62-20-19-60(29-32(62)3)35-16-18-61(31(2)23-35)42-12-10-11-38-46(42)59-51(68)53(38,6)7)56-47-49(69-8)55-28-40(58-47)36-15-17-54-48(37(36)30-65)64-22-21-63-43(50(64)67)24-33-26-52(4,5)27-44(33)63/h9-15,17,24-25,28,31-32,35,65H,1,16,18-23,26-27,29-30H2,2-8H3,(H,56,58)(H,57,66)(H,59,68)/t31-,32-,35?/m0/s1. The lowest BCUT2D eigenvalue weighted by Gasteiger charge is -2.48. The van der Waals surface area contributed by atoms with Gasteiger partial charge in [0.25, 0.3) is 11.8 Å². The number of carbonyl (C=O) groups excluding carboxylic acids is 3. The average Bonchev–Trinajstić information content (AvgIpc) is 3.91. The summed E-state index contributed by atoms with van der Waals surface area (Å²) in [4.78, 5) is 63.2. The molecule has 4 N–H and O–H groups in total. The van der Waals surface area contributed by atoms with Crippen molar-refractivity contribution < 1.29 is 24.2 Å². The summed E-state index contributed by atoms with van der Waals surface area (Å²) < 4.78 is 7.83. The van der Waals surface area contributed by atoms with Gasteiger partial charge in [0, 0.05) is 86.1 Å². The summed E-state index contributed by atoms with van der Waals surface area (Å²) in [6.07, 6.45) is 8.37. The van der Waals surface area contributed by atoms with Crippen molar-refractivity contribution in [3.63, 3.8) is 0 Å². The number of piperidine rings is 1. The Labute approximate surface area is 403 Å². The van der Waals surface area contributed by atoms with E-state index in [0.717, 1.165) is 74.5 Å². The minimum atomic E-state index is -0.549. The number of hydrogen-bond acceptors (Lipinski definition) is 12. The van der Waals surface area contributed by atoms with Crippen LogP contribution >= 0.6 is 0 Å². The van der Waals surface area contributed by atoms with Crippen LogP contribution in [0.4, 0.5) is 40.1 Å². The molecule has 7 heterocycles. The van der Waals surface area contributed by atoms with Gasteiger partial charge in [0.1, 0.15) is 11.5 Å². The number of aliphatic hydroxyl groups is 1. The number of benzene rings is 2. The third kappa shape index (κ3) is 8.16. The Hall–Kier alpha value is -6.78. The number of pyridine rings is 1. The van der Waals surface area contributed by atoms with Crippen molar-refractivity contribution in [2.75, 3.05) is 70.5 Å². The quantitative estimate of drug-likeness (QED) is 0.0977. The van der Waals surface area contributed by atoms with Gasteiger partial charge >= 0.3 is 0 Å². The van der Waals surface area contributed by atoms with Crippen LogP contribution in [0.2, 0.25) is 0 Å². The Morgan fingerprint density at radius 2 is 1.78 bits per heavy atom. The van der Waals surface area contributed by atoms with E-state index in [1.54, 1.807) is 23.4 Å². The van der Waals surface area contributed by atoms with Crippen LogP contribution in [0.25, 0.3) is 11.3 Å². The Kier molecular flexibility index (Phi) is 11.7. The number of nitrogens with one attached hydrogen (secondary N) is 3. The zero-order valence-corrected chi connectivity index (χ0v) is 40.7. The van der Waals surface area contributed by atoms with Crippen LogP contribution < -0.4 is 35.4 Å². The maximum Gasteiger partial charge on any atom is 0.276 e. The lowest BCUT2D eigenvalue weighted by molar-refractivity contribution is -0.119. The number of ether oxygens (including phenoxy) is 1. The number of amides is 3. The lowest BCUT2D eigenvalue weighted by Crippen LogP contribution is -2.58. The Morgan fingerprint density at radius 1 is 0.971 bits per heavy atom. The fourth-order valence-electron chi connectivity index (χ4n) is 11.6. The number of methoxy groups -OCH3 is 1. The minimum Gasteiger partial charge on any atom is -0.478 e. The number of piperazine rings is 1. The largest absolute Gasteiger partial charge is 0.478 e. The van der Waals surface area contributed by atoms with E-state index in [2.05, 4.69) is 97.7 Å². The maximum absolute atomic E-state index is 14.1. The van der Waals surface area contributed by atoms with Gasteiger partial charge in [-0.25, -0.2) is 15.0 Å². The predicted molar refractivity (Wildman–Crippen MR) is 270 cm³/mol. The monoisotopic (exact) mass is 934 g/mol. The highest BCUT2D eigenvalue weighted by Crippen LogP contribution is 2.45. The van der Waals surface area contributed by atoms with Crippen LogP contribution in [0, 0.1) is 5.41 Å². The second-order valence-corrected chi connectivity index (χ2v) is 20.6. The molecule has 3 aromatic heterocycles. The molecular weight excluding hydrogens is 871 g/mol. The highest BCUT2D eigenvalue weighted by molar-refractivity contribution is 6.09. The van der Waals surface area contributed by atoms with Crippen molar-refractivity contribution in [1.29, 1.82) is 0 Å². The van der Waals surface area contributed by atoms with Crippen LogP contribution in [0.15, 0.2) is 73.6 Å². The molecule has 3 atom stereocenters. The summed E-state index contributed by atoms with van der Waals surface area (Å²) in [7, 11) is 1.52. The van der Waals surface area contributed by atoms with Crippen LogP contribution in [0.3, 0.4) is 0 Å². The molecule has 5 aromatic rings. The number of anilines is 7. The van der Waals surface area contributed by atoms with Gasteiger partial charge < -0.3 is 40.2 Å². The summed E-state index contributed by atoms with van der Waals surface area (Å²) >= 11 is 0. The van der Waals surface area contributed by atoms with E-state index in [4.69, 9.17) is 9.72 Å². The first-order valence-corrected chi connectivity index (χ1v) is 24.2. The highest BCUT2D eigenvalue weighted by Gasteiger charge is 2.42. The molecule has 16 nitrogen and oxygen atoms in total. The summed E-state index contributed by atoms with van der Waals surface area (Å²) in [5.41, 5.74) is 9.51. The SMILES string of the molecule is C=CC(=O)Nc1cc(Nc2nc(-c3ccnc(N4CCn5c(cc6c5CC(C)(C)C6)C4=O)c3CO)cnc2OC)ccc1N1CCN(C2CCN(c3cccc4c3NC(=O)C4(C)C)[C@@H](C)C2)C[C@@H]1C. The molecule has 1 aliphatic carbocycles. The van der Waals surface area contributed by atoms with Gasteiger partial charge in [-0.1, -0.05) is 32.6 Å². The van der Waals surface area contributed by atoms with E-state index >= 15 is 0 Å². The fourth-order valence-corrected chi connectivity index (χ4v) is 11.6. The number of aliphatic hydroxyl groups excluding tert-OH is 1. The first-order valence-electron chi connectivity index (χ1n) is 24.2. The van der Waals surface area contributed by atoms with Crippen molar-refractivity contribution in [1.82, 2.24) is 24.4 Å². The Balaban J connectivity index is 0.856. The van der Waals surface area contributed by atoms with Crippen LogP contribution in [-0.4, -0.2) is 105 Å². The molecule has 0 bridgehead atoms. The highest BCUT2D eigenvalue weighted by atomic mass is 16.5. The molecule has 16 heteroatoms. The maximum atomic E-state index is 14.1. The van der Waals surface area contributed by atoms with Gasteiger partial charge in [-0.3, -0.25) is 24.2 Å². The van der Waals surface area contributed by atoms with E-state index in [0.29, 0.717) is 70.7 Å². The molecule has 0 spiro atoms. The number of aromatic nitrogens is 4. The first-order chi connectivity index (χ1) is 33.1. The summed E-state index contributed by atoms with van der Waals surface area (Å²) in [6, 6.07) is 16.8. The molecular formula is C53H63N11O5. The van der Waals surface area contributed by atoms with Crippen molar-refractivity contribution in [3.05, 3.63) is 102 Å². The third-order valence-electron chi connectivity index (χ3n) is 15.1. The lowest BCUT2D eigenvalue weighted by atomic mass is 9.85. The molecule has 3 amide bonds. The first kappa shape index (κ1) is 46.0. The molecule has 2 aromatic carbocycles. The zero-order chi connectivity index (χ0) is 48.5. The van der Waals surface area contributed by atoms with E-state index in [1.807, 2.05) is 38.1 Å². The topological polar surface area (TPSA) is 173 Å². The number of fused-ring (bicyclic) bond motifs is 4. The van der Waals surface area contributed by atoms with Crippen LogP contribution in [0.5, 0.6) is 5.88 Å². The van der Waals surface area contributed by atoms with Gasteiger partial charge in [0.05, 0.1) is 53.8 Å². The molecule has 1 unspecified atom stereocenters. The summed E-state index contributed by atoms with van der Waals surface area (Å²) in [5, 5.41) is 20.5. The molecule has 5 aliphatic rings. The van der Waals surface area contributed by atoms with Gasteiger partial charge in [-0.05, 0) is 112 Å². The molecule has 4 aliphatic heterocycles. The number of hydrogen-bond donors (Lipinski definition) is 4. The molecule has 0 saturated carbocycles. The summed E-state index contributed by atoms with van der Waals surface area (Å²) in [6.45, 7) is 20.8. The van der Waals surface area contributed by atoms with Gasteiger partial charge in [-0.2, -0.15) is 0 Å². The van der Waals surface area contributed by atoms with E-state index in [1.165, 1.54) is 24.4 Å². The fraction of sp³-hybridized carbons (Fsp3) is 0.434. The Bertz CT molecular complexity index is 2890. The van der Waals surface area contributed by atoms with Crippen molar-refractivity contribution in [3.8, 4) is 17.1 Å². The van der Waals surface area contributed by atoms with E-state index in [-0.39, 0.29) is 41.7 Å². The number of carbonyl (C=O) groups is 3. The second kappa shape index (κ2) is 17.6. The zero-order valence-electron chi connectivity index (χ0n) is 40.7. The number of para-hydroxylation sites is 1. The van der Waals surface area contributed by atoms with Crippen molar-refractivity contribution >= 4 is 57.8 Å². The molecule has 10 rings (SSSR count). The van der Waals surface area contributed by atoms with Gasteiger partial charge in [0.15, 0.2) is 5.82 Å². The second-order valence-electron chi connectivity index (χ2n) is 20.6. The predicted octanol–water partition coefficient (Wildman–Crippen LogP) is 7.29. The average molecular weight is 934 g/mol. The van der Waals surface area contributed by atoms with Gasteiger partial charge in [-0.15, -0.1) is 0 Å². The van der Waals surface area contributed by atoms with Gasteiger partial charge in [0.2, 0.25) is 11.8 Å². The smallest absolute Gasteiger partial charge is 0.276 e. The Morgan fingerprint density at radius 3 is 2.54 bits per heavy atom. The van der Waals surface area contributed by atoms with E-state index < -0.39 is 5.41 Å². The molecule has 2 fully saturated rings. The number of rotatable bonds is 11. The van der Waals surface area contributed by atoms with Crippen LogP contribution in [0.1, 0.15) is 87.3 Å². The van der Waals surface area contributed by atoms with Crippen LogP contribution in [-0.2, 0) is 41.0 Å². The molecule has 0 radical (unpaired) electrons. The van der Waals surface area contributed by atoms with Crippen molar-refractivity contribution in [2.24, 2.45) is 5.41 Å². The molecule has 2 saturated heterocycles. The minimum absolute atomic E-state index is 0.0444. The molecule has 69 heavy (non-hydrogen) atoms. The third-order valence-corrected chi connectivity index (χ3v) is 15.1. The summed E-state index contributed by atoms with van der Waals surface area (Å²) in [5.74, 6) is 0.531. The van der Waals surface area contributed by atoms with Crippen molar-refractivity contribution in [2.45, 2.75) is 104 Å². The van der Waals surface area contributed by atoms with E-state index in [9.17, 15) is 19.5 Å². The molecule has 360 valence electrons.